The van der Waals surface area contributed by atoms with Crippen LogP contribution in [0, 0.1) is 18.8 Å². The lowest BCUT2D eigenvalue weighted by Crippen LogP contribution is -2.24. The van der Waals surface area contributed by atoms with Crippen LogP contribution in [-0.2, 0) is 6.54 Å². The Hall–Kier alpha value is -3.00. The molecule has 0 saturated carbocycles. The third-order valence-corrected chi connectivity index (χ3v) is 3.75. The highest BCUT2D eigenvalue weighted by atomic mass is 16.5. The Bertz CT molecular complexity index is 806. The van der Waals surface area contributed by atoms with Crippen molar-refractivity contribution in [3.8, 4) is 17.6 Å². The average molecular weight is 351 g/mol. The molecule has 5 nitrogen and oxygen atoms in total. The predicted octanol–water partition coefficient (Wildman–Crippen LogP) is 3.47. The molecule has 0 spiro atoms. The van der Waals surface area contributed by atoms with Crippen molar-refractivity contribution in [1.82, 2.24) is 10.3 Å². The summed E-state index contributed by atoms with van der Waals surface area (Å²) in [5.41, 5.74) is 7.91. The summed E-state index contributed by atoms with van der Waals surface area (Å²) >= 11 is 0. The Kier molecular flexibility index (Phi) is 7.50. The molecule has 1 aromatic carbocycles. The van der Waals surface area contributed by atoms with Gasteiger partial charge in [-0.15, -0.1) is 0 Å². The number of hydrogen-bond acceptors (Lipinski definition) is 4. The third kappa shape index (κ3) is 6.14. The molecule has 2 aromatic rings. The van der Waals surface area contributed by atoms with Crippen molar-refractivity contribution in [1.29, 1.82) is 0 Å². The minimum Gasteiger partial charge on any atom is -0.481 e. The van der Waals surface area contributed by atoms with E-state index >= 15 is 0 Å². The number of nitrogens with two attached hydrogens (primary N) is 1. The second kappa shape index (κ2) is 10.1. The molecular weight excluding hydrogens is 326 g/mol. The van der Waals surface area contributed by atoms with E-state index < -0.39 is 0 Å². The van der Waals surface area contributed by atoms with E-state index in [2.05, 4.69) is 29.1 Å². The lowest BCUT2D eigenvalue weighted by Gasteiger charge is -2.09. The summed E-state index contributed by atoms with van der Waals surface area (Å²) in [7, 11) is 0. The minimum atomic E-state index is -0.247. The van der Waals surface area contributed by atoms with E-state index in [4.69, 9.17) is 10.5 Å². The summed E-state index contributed by atoms with van der Waals surface area (Å²) in [4.78, 5) is 16.4. The summed E-state index contributed by atoms with van der Waals surface area (Å²) in [5, 5.41) is 2.85. The van der Waals surface area contributed by atoms with Gasteiger partial charge in [0.15, 0.2) is 0 Å². The molecule has 0 bridgehead atoms. The highest BCUT2D eigenvalue weighted by molar-refractivity contribution is 5.98. The summed E-state index contributed by atoms with van der Waals surface area (Å²) in [5.74, 6) is 6.82. The highest BCUT2D eigenvalue weighted by Crippen LogP contribution is 2.14. The molecular formula is C21H25N3O2. The fourth-order valence-corrected chi connectivity index (χ4v) is 2.32. The molecule has 3 N–H and O–H groups in total. The van der Waals surface area contributed by atoms with Gasteiger partial charge in [0.1, 0.15) is 18.2 Å². The number of carbonyl (C=O) groups is 1. The molecule has 1 heterocycles. The number of nitrogens with one attached hydrogen (secondary N) is 1. The van der Waals surface area contributed by atoms with Gasteiger partial charge >= 0.3 is 0 Å². The minimum absolute atomic E-state index is 0.237. The van der Waals surface area contributed by atoms with E-state index in [-0.39, 0.29) is 11.7 Å². The Morgan fingerprint density at radius 3 is 2.88 bits per heavy atom. The van der Waals surface area contributed by atoms with E-state index in [1.807, 2.05) is 31.2 Å². The van der Waals surface area contributed by atoms with Gasteiger partial charge in [-0.1, -0.05) is 37.3 Å². The second-order valence-corrected chi connectivity index (χ2v) is 5.96. The van der Waals surface area contributed by atoms with E-state index in [9.17, 15) is 4.79 Å². The zero-order valence-corrected chi connectivity index (χ0v) is 15.3. The van der Waals surface area contributed by atoms with Crippen LogP contribution in [0.5, 0.6) is 5.75 Å². The average Bonchev–Trinajstić information content (AvgIpc) is 2.63. The number of rotatable bonds is 7. The molecule has 5 heteroatoms. The lowest BCUT2D eigenvalue weighted by atomic mass is 10.2. The van der Waals surface area contributed by atoms with E-state index in [1.54, 1.807) is 12.1 Å². The number of ether oxygens (including phenoxy) is 1. The number of pyridine rings is 1. The number of nitrogen functional groups attached to an aromatic ring is 1. The molecule has 0 fully saturated rings. The van der Waals surface area contributed by atoms with Crippen LogP contribution >= 0.6 is 0 Å². The van der Waals surface area contributed by atoms with Gasteiger partial charge in [0, 0.05) is 18.7 Å². The molecule has 0 radical (unpaired) electrons. The van der Waals surface area contributed by atoms with Gasteiger partial charge in [-0.2, -0.15) is 0 Å². The van der Waals surface area contributed by atoms with Crippen LogP contribution in [0.2, 0.25) is 0 Å². The van der Waals surface area contributed by atoms with Gasteiger partial charge < -0.3 is 15.8 Å². The zero-order valence-electron chi connectivity index (χ0n) is 15.3. The Morgan fingerprint density at radius 1 is 1.27 bits per heavy atom. The first kappa shape index (κ1) is 19.3. The molecule has 2 rings (SSSR count). The first-order chi connectivity index (χ1) is 12.6. The SMILES string of the molecule is CCCCC#CCOc1cccc(CNC(=O)c2ccc(C)nc2N)c1. The molecule has 1 aromatic heterocycles. The highest BCUT2D eigenvalue weighted by Gasteiger charge is 2.10. The smallest absolute Gasteiger partial charge is 0.255 e. The lowest BCUT2D eigenvalue weighted by molar-refractivity contribution is 0.0951. The van der Waals surface area contributed by atoms with E-state index in [0.717, 1.165) is 36.3 Å². The number of aryl methyl sites for hydroxylation is 1. The van der Waals surface area contributed by atoms with Crippen molar-refractivity contribution in [3.63, 3.8) is 0 Å². The summed E-state index contributed by atoms with van der Waals surface area (Å²) in [6, 6.07) is 11.0. The Balaban J connectivity index is 1.87. The van der Waals surface area contributed by atoms with Crippen LogP contribution < -0.4 is 15.8 Å². The number of anilines is 1. The monoisotopic (exact) mass is 351 g/mol. The summed E-state index contributed by atoms with van der Waals surface area (Å²) in [6.07, 6.45) is 3.17. The van der Waals surface area contributed by atoms with Gasteiger partial charge in [-0.25, -0.2) is 4.98 Å². The Labute approximate surface area is 155 Å². The van der Waals surface area contributed by atoms with Gasteiger partial charge in [-0.3, -0.25) is 4.79 Å². The van der Waals surface area contributed by atoms with Gasteiger partial charge in [0.05, 0.1) is 5.56 Å². The molecule has 26 heavy (non-hydrogen) atoms. The number of hydrogen-bond donors (Lipinski definition) is 2. The van der Waals surface area contributed by atoms with E-state index in [1.165, 1.54) is 0 Å². The first-order valence-electron chi connectivity index (χ1n) is 8.79. The van der Waals surface area contributed by atoms with E-state index in [0.29, 0.717) is 18.7 Å². The quantitative estimate of drug-likeness (QED) is 0.591. The third-order valence-electron chi connectivity index (χ3n) is 3.75. The van der Waals surface area contributed by atoms with Gasteiger partial charge in [-0.05, 0) is 43.2 Å². The predicted molar refractivity (Wildman–Crippen MR) is 104 cm³/mol. The van der Waals surface area contributed by atoms with Crippen molar-refractivity contribution in [3.05, 3.63) is 53.2 Å². The van der Waals surface area contributed by atoms with Crippen LogP contribution in [0.25, 0.3) is 0 Å². The molecule has 0 saturated heterocycles. The molecule has 0 aliphatic carbocycles. The maximum Gasteiger partial charge on any atom is 0.255 e. The molecule has 0 unspecified atom stereocenters. The van der Waals surface area contributed by atoms with Crippen molar-refractivity contribution in [2.75, 3.05) is 12.3 Å². The van der Waals surface area contributed by atoms with Crippen LogP contribution in [0.1, 0.15) is 47.8 Å². The fourth-order valence-electron chi connectivity index (χ4n) is 2.32. The summed E-state index contributed by atoms with van der Waals surface area (Å²) < 4.78 is 5.63. The number of nitrogens with zero attached hydrogens (tertiary/aromatic N) is 1. The number of benzene rings is 1. The van der Waals surface area contributed by atoms with Crippen LogP contribution in [-0.4, -0.2) is 17.5 Å². The largest absolute Gasteiger partial charge is 0.481 e. The fraction of sp³-hybridized carbons (Fsp3) is 0.333. The second-order valence-electron chi connectivity index (χ2n) is 5.96. The maximum atomic E-state index is 12.3. The molecule has 136 valence electrons. The maximum absolute atomic E-state index is 12.3. The van der Waals surface area contributed by atoms with Crippen molar-refractivity contribution < 1.29 is 9.53 Å². The summed E-state index contributed by atoms with van der Waals surface area (Å²) in [6.45, 7) is 4.72. The van der Waals surface area contributed by atoms with Crippen molar-refractivity contribution >= 4 is 11.7 Å². The normalized spacial score (nSPS) is 9.92. The van der Waals surface area contributed by atoms with Crippen molar-refractivity contribution in [2.45, 2.75) is 39.7 Å². The van der Waals surface area contributed by atoms with Crippen LogP contribution in [0.3, 0.4) is 0 Å². The van der Waals surface area contributed by atoms with Crippen LogP contribution in [0.4, 0.5) is 5.82 Å². The van der Waals surface area contributed by atoms with Crippen LogP contribution in [0.15, 0.2) is 36.4 Å². The zero-order chi connectivity index (χ0) is 18.8. The molecule has 0 aliphatic rings. The molecule has 0 aliphatic heterocycles. The topological polar surface area (TPSA) is 77.2 Å². The standard InChI is InChI=1S/C21H25N3O2/c1-3-4-5-6-7-13-26-18-10-8-9-17(14-18)15-23-21(25)19-12-11-16(2)24-20(19)22/h8-12,14H,3-5,13,15H2,1-2H3,(H2,22,24)(H,23,25). The van der Waals surface area contributed by atoms with Crippen molar-refractivity contribution in [2.24, 2.45) is 0 Å². The molecule has 1 amide bonds. The first-order valence-corrected chi connectivity index (χ1v) is 8.79. The number of carbonyl (C=O) groups excluding carboxylic acids is 1. The number of unbranched alkanes of at least 4 members (excludes halogenated alkanes) is 2. The number of aromatic nitrogens is 1. The van der Waals surface area contributed by atoms with Gasteiger partial charge in [0.2, 0.25) is 0 Å². The molecule has 0 atom stereocenters. The number of amides is 1. The van der Waals surface area contributed by atoms with Gasteiger partial charge in [0.25, 0.3) is 5.91 Å². The Morgan fingerprint density at radius 2 is 2.12 bits per heavy atom.